The second-order valence-electron chi connectivity index (χ2n) is 8.22. The van der Waals surface area contributed by atoms with Gasteiger partial charge in [-0.15, -0.1) is 0 Å². The molecule has 5 aromatic rings. The Morgan fingerprint density at radius 1 is 0.697 bits per heavy atom. The van der Waals surface area contributed by atoms with E-state index in [0.717, 1.165) is 28.6 Å². The Balaban J connectivity index is 1.51. The monoisotopic (exact) mass is 429 g/mol. The molecule has 3 heteroatoms. The number of Topliss-reactive ketones (excluding diaryl/α,β-unsaturated/α-hetero) is 1. The number of carbonyl (C=O) groups excluding carboxylic acids is 2. The van der Waals surface area contributed by atoms with Crippen molar-refractivity contribution in [2.24, 2.45) is 0 Å². The maximum atomic E-state index is 13.4. The number of hydrogen-bond acceptors (Lipinski definition) is 2. The van der Waals surface area contributed by atoms with Crippen molar-refractivity contribution >= 4 is 17.1 Å². The Kier molecular flexibility index (Phi) is 5.45. The number of ketones is 2. The molecule has 0 saturated heterocycles. The van der Waals surface area contributed by atoms with Crippen LogP contribution in [0.3, 0.4) is 0 Å². The molecular formula is C30H23NO2. The molecule has 5 rings (SSSR count). The van der Waals surface area contributed by atoms with E-state index in [0.29, 0.717) is 16.8 Å². The van der Waals surface area contributed by atoms with E-state index in [9.17, 15) is 9.59 Å². The molecule has 0 bridgehead atoms. The number of benzene rings is 3. The average molecular weight is 430 g/mol. The van der Waals surface area contributed by atoms with Gasteiger partial charge in [0, 0.05) is 17.3 Å². The third-order valence-electron chi connectivity index (χ3n) is 5.95. The molecule has 0 aliphatic rings. The van der Waals surface area contributed by atoms with Crippen molar-refractivity contribution in [2.45, 2.75) is 13.3 Å². The molecule has 0 radical (unpaired) electrons. The number of nitrogens with zero attached hydrogens (tertiary/aromatic N) is 1. The fourth-order valence-corrected chi connectivity index (χ4v) is 4.23. The van der Waals surface area contributed by atoms with Crippen LogP contribution in [-0.2, 0) is 6.42 Å². The van der Waals surface area contributed by atoms with E-state index in [1.54, 1.807) is 13.0 Å². The van der Waals surface area contributed by atoms with Crippen LogP contribution in [-0.4, -0.2) is 16.0 Å². The lowest BCUT2D eigenvalue weighted by molar-refractivity contribution is 0.101. The van der Waals surface area contributed by atoms with Crippen LogP contribution in [0.5, 0.6) is 0 Å². The minimum atomic E-state index is -0.104. The third-order valence-corrected chi connectivity index (χ3v) is 5.95. The van der Waals surface area contributed by atoms with Gasteiger partial charge in [-0.05, 0) is 53.8 Å². The second kappa shape index (κ2) is 8.71. The quantitative estimate of drug-likeness (QED) is 0.284. The fourth-order valence-electron chi connectivity index (χ4n) is 4.23. The van der Waals surface area contributed by atoms with Gasteiger partial charge in [-0.2, -0.15) is 0 Å². The zero-order valence-electron chi connectivity index (χ0n) is 18.4. The summed E-state index contributed by atoms with van der Waals surface area (Å²) in [6.07, 6.45) is 2.66. The maximum Gasteiger partial charge on any atom is 0.209 e. The van der Waals surface area contributed by atoms with Crippen LogP contribution in [0, 0.1) is 0 Å². The van der Waals surface area contributed by atoms with Crippen LogP contribution >= 0.6 is 0 Å². The average Bonchev–Trinajstić information content (AvgIpc) is 3.24. The smallest absolute Gasteiger partial charge is 0.209 e. The first-order chi connectivity index (χ1) is 16.1. The fraction of sp³-hybridized carbons (Fsp3) is 0.0667. The molecule has 2 heterocycles. The van der Waals surface area contributed by atoms with Crippen molar-refractivity contribution < 1.29 is 9.59 Å². The topological polar surface area (TPSA) is 38.5 Å². The SMILES string of the molecule is CC(=O)c1cc(C(=O)c2ccc(-c3ccccc3)cc2)n2ccc(Cc3ccccc3)cc12. The molecule has 0 atom stereocenters. The highest BCUT2D eigenvalue weighted by Crippen LogP contribution is 2.25. The Morgan fingerprint density at radius 3 is 2.00 bits per heavy atom. The van der Waals surface area contributed by atoms with Gasteiger partial charge in [-0.3, -0.25) is 9.59 Å². The summed E-state index contributed by atoms with van der Waals surface area (Å²) in [6.45, 7) is 1.54. The highest BCUT2D eigenvalue weighted by molar-refractivity contribution is 6.12. The van der Waals surface area contributed by atoms with Crippen molar-refractivity contribution in [2.75, 3.05) is 0 Å². The first kappa shape index (κ1) is 20.7. The molecule has 0 aliphatic carbocycles. The van der Waals surface area contributed by atoms with E-state index in [2.05, 4.69) is 12.1 Å². The lowest BCUT2D eigenvalue weighted by atomic mass is 10.0. The van der Waals surface area contributed by atoms with E-state index in [4.69, 9.17) is 0 Å². The summed E-state index contributed by atoms with van der Waals surface area (Å²) in [6, 6.07) is 33.6. The van der Waals surface area contributed by atoms with Gasteiger partial charge in [0.05, 0.1) is 11.2 Å². The van der Waals surface area contributed by atoms with Gasteiger partial charge in [-0.25, -0.2) is 0 Å². The normalized spacial score (nSPS) is 10.9. The first-order valence-electron chi connectivity index (χ1n) is 11.0. The van der Waals surface area contributed by atoms with Crippen LogP contribution in [0.1, 0.15) is 44.5 Å². The van der Waals surface area contributed by atoms with Gasteiger partial charge in [0.15, 0.2) is 5.78 Å². The molecule has 0 aliphatic heterocycles. The molecule has 0 N–H and O–H groups in total. The summed E-state index contributed by atoms with van der Waals surface area (Å²) in [5.41, 5.74) is 6.88. The lowest BCUT2D eigenvalue weighted by Crippen LogP contribution is -2.05. The molecular weight excluding hydrogens is 406 g/mol. The van der Waals surface area contributed by atoms with E-state index in [1.807, 2.05) is 95.5 Å². The predicted molar refractivity (Wildman–Crippen MR) is 132 cm³/mol. The number of rotatable bonds is 6. The predicted octanol–water partition coefficient (Wildman–Crippen LogP) is 6.63. The first-order valence-corrected chi connectivity index (χ1v) is 11.0. The van der Waals surface area contributed by atoms with Crippen LogP contribution < -0.4 is 0 Å². The molecule has 0 spiro atoms. The van der Waals surface area contributed by atoms with Gasteiger partial charge in [-0.1, -0.05) is 84.9 Å². The van der Waals surface area contributed by atoms with Gasteiger partial charge in [0.1, 0.15) is 0 Å². The summed E-state index contributed by atoms with van der Waals surface area (Å²) < 4.78 is 1.83. The molecule has 0 saturated carbocycles. The van der Waals surface area contributed by atoms with Crippen molar-refractivity contribution in [3.8, 4) is 11.1 Å². The zero-order valence-corrected chi connectivity index (χ0v) is 18.4. The minimum absolute atomic E-state index is 0.0529. The molecule has 33 heavy (non-hydrogen) atoms. The van der Waals surface area contributed by atoms with Crippen molar-refractivity contribution in [1.82, 2.24) is 4.40 Å². The number of fused-ring (bicyclic) bond motifs is 1. The number of aromatic nitrogens is 1. The van der Waals surface area contributed by atoms with E-state index in [-0.39, 0.29) is 11.6 Å². The van der Waals surface area contributed by atoms with Gasteiger partial charge in [0.25, 0.3) is 0 Å². The van der Waals surface area contributed by atoms with Gasteiger partial charge < -0.3 is 4.40 Å². The highest BCUT2D eigenvalue weighted by Gasteiger charge is 2.19. The van der Waals surface area contributed by atoms with Gasteiger partial charge >= 0.3 is 0 Å². The second-order valence-corrected chi connectivity index (χ2v) is 8.22. The van der Waals surface area contributed by atoms with Crippen molar-refractivity contribution in [3.63, 3.8) is 0 Å². The summed E-state index contributed by atoms with van der Waals surface area (Å²) in [5, 5.41) is 0. The number of carbonyl (C=O) groups is 2. The molecule has 2 aromatic heterocycles. The highest BCUT2D eigenvalue weighted by atomic mass is 16.1. The summed E-state index contributed by atoms with van der Waals surface area (Å²) in [4.78, 5) is 25.8. The number of pyridine rings is 1. The van der Waals surface area contributed by atoms with Crippen molar-refractivity contribution in [1.29, 1.82) is 0 Å². The Bertz CT molecular complexity index is 1450. The summed E-state index contributed by atoms with van der Waals surface area (Å²) in [5.74, 6) is -0.157. The van der Waals surface area contributed by atoms with Crippen molar-refractivity contribution in [3.05, 3.63) is 137 Å². The largest absolute Gasteiger partial charge is 0.313 e. The lowest BCUT2D eigenvalue weighted by Gasteiger charge is -2.07. The van der Waals surface area contributed by atoms with E-state index in [1.165, 1.54) is 5.56 Å². The Labute approximate surface area is 193 Å². The number of hydrogen-bond donors (Lipinski definition) is 0. The molecule has 0 fully saturated rings. The van der Waals surface area contributed by atoms with Gasteiger partial charge in [0.2, 0.25) is 5.78 Å². The minimum Gasteiger partial charge on any atom is -0.313 e. The standard InChI is InChI=1S/C30H23NO2/c1-21(32)27-20-29(30(33)26-14-12-25(13-15-26)24-10-6-3-7-11-24)31-17-16-23(19-28(27)31)18-22-8-4-2-5-9-22/h2-17,19-20H,18H2,1H3. The zero-order chi connectivity index (χ0) is 22.8. The molecule has 3 aromatic carbocycles. The maximum absolute atomic E-state index is 13.4. The molecule has 160 valence electrons. The summed E-state index contributed by atoms with van der Waals surface area (Å²) in [7, 11) is 0. The molecule has 3 nitrogen and oxygen atoms in total. The Morgan fingerprint density at radius 2 is 1.33 bits per heavy atom. The summed E-state index contributed by atoms with van der Waals surface area (Å²) >= 11 is 0. The Hall–Kier alpha value is -4.24. The molecule has 0 amide bonds. The third kappa shape index (κ3) is 4.13. The molecule has 0 unspecified atom stereocenters. The van der Waals surface area contributed by atoms with Crippen LogP contribution in [0.15, 0.2) is 109 Å². The van der Waals surface area contributed by atoms with E-state index >= 15 is 0 Å². The van der Waals surface area contributed by atoms with E-state index < -0.39 is 0 Å². The van der Waals surface area contributed by atoms with Crippen LogP contribution in [0.4, 0.5) is 0 Å². The van der Waals surface area contributed by atoms with Crippen LogP contribution in [0.25, 0.3) is 16.6 Å². The van der Waals surface area contributed by atoms with Crippen LogP contribution in [0.2, 0.25) is 0 Å².